The molecule has 1 rings (SSSR count). The monoisotopic (exact) mass is 228 g/mol. The van der Waals surface area contributed by atoms with Gasteiger partial charge in [0, 0.05) is 0 Å². The average Bonchev–Trinajstić information content (AvgIpc) is 2.35. The van der Waals surface area contributed by atoms with E-state index >= 15 is 0 Å². The van der Waals surface area contributed by atoms with Gasteiger partial charge in [-0.3, -0.25) is 4.79 Å². The van der Waals surface area contributed by atoms with Crippen LogP contribution >= 0.6 is 0 Å². The highest BCUT2D eigenvalue weighted by Gasteiger charge is 2.20. The summed E-state index contributed by atoms with van der Waals surface area (Å²) in [7, 11) is 1.43. The second kappa shape index (κ2) is 6.86. The van der Waals surface area contributed by atoms with Gasteiger partial charge in [0.15, 0.2) is 0 Å². The Morgan fingerprint density at radius 1 is 1.50 bits per heavy atom. The van der Waals surface area contributed by atoms with Crippen LogP contribution in [0, 0.1) is 5.92 Å². The molecule has 16 heavy (non-hydrogen) atoms. The van der Waals surface area contributed by atoms with E-state index in [1.165, 1.54) is 33.0 Å². The van der Waals surface area contributed by atoms with Gasteiger partial charge in [-0.15, -0.1) is 0 Å². The fourth-order valence-electron chi connectivity index (χ4n) is 2.11. The summed E-state index contributed by atoms with van der Waals surface area (Å²) in [6, 6.07) is -0.186. The Kier molecular flexibility index (Phi) is 5.77. The van der Waals surface area contributed by atoms with Gasteiger partial charge in [-0.05, 0) is 51.9 Å². The smallest absolute Gasteiger partial charge is 0.322 e. The number of rotatable bonds is 5. The summed E-state index contributed by atoms with van der Waals surface area (Å²) in [5, 5.41) is 3.24. The number of methoxy groups -OCH3 is 1. The van der Waals surface area contributed by atoms with E-state index in [1.807, 2.05) is 6.92 Å². The molecule has 0 spiro atoms. The summed E-state index contributed by atoms with van der Waals surface area (Å²) in [6.07, 6.45) is 2.46. The molecule has 0 aromatic rings. The van der Waals surface area contributed by atoms with Crippen molar-refractivity contribution >= 4 is 5.97 Å². The third-order valence-corrected chi connectivity index (χ3v) is 3.42. The van der Waals surface area contributed by atoms with Crippen molar-refractivity contribution in [3.63, 3.8) is 0 Å². The molecule has 4 heteroatoms. The molecule has 94 valence electrons. The van der Waals surface area contributed by atoms with Crippen LogP contribution in [0.1, 0.15) is 26.7 Å². The maximum absolute atomic E-state index is 11.2. The quantitative estimate of drug-likeness (QED) is 0.709. The maximum atomic E-state index is 11.2. The molecule has 0 saturated carbocycles. The Morgan fingerprint density at radius 3 is 2.62 bits per heavy atom. The highest BCUT2D eigenvalue weighted by Crippen LogP contribution is 2.15. The first kappa shape index (κ1) is 13.5. The largest absolute Gasteiger partial charge is 0.468 e. The number of carbonyl (C=O) groups excluding carboxylic acids is 1. The minimum Gasteiger partial charge on any atom is -0.468 e. The normalized spacial score (nSPS) is 20.7. The molecule has 0 aliphatic carbocycles. The van der Waals surface area contributed by atoms with Gasteiger partial charge >= 0.3 is 5.97 Å². The lowest BCUT2D eigenvalue weighted by Gasteiger charge is -2.31. The van der Waals surface area contributed by atoms with Gasteiger partial charge in [0.25, 0.3) is 0 Å². The standard InChI is InChI=1S/C12H24N2O2/c1-4-14-7-5-11(6-8-14)9-13-10(2)12(15)16-3/h10-11,13H,4-9H2,1-3H3. The number of nitrogens with zero attached hydrogens (tertiary/aromatic N) is 1. The van der Waals surface area contributed by atoms with Gasteiger partial charge < -0.3 is 15.0 Å². The van der Waals surface area contributed by atoms with Crippen LogP contribution in [0.5, 0.6) is 0 Å². The molecule has 0 bridgehead atoms. The molecular formula is C12H24N2O2. The lowest BCUT2D eigenvalue weighted by molar-refractivity contribution is -0.142. The van der Waals surface area contributed by atoms with Crippen LogP contribution in [0.15, 0.2) is 0 Å². The Balaban J connectivity index is 2.17. The first-order chi connectivity index (χ1) is 7.67. The molecule has 1 unspecified atom stereocenters. The van der Waals surface area contributed by atoms with Crippen LogP contribution in [0.25, 0.3) is 0 Å². The highest BCUT2D eigenvalue weighted by molar-refractivity contribution is 5.75. The number of ether oxygens (including phenoxy) is 1. The predicted octanol–water partition coefficient (Wildman–Crippen LogP) is 0.869. The highest BCUT2D eigenvalue weighted by atomic mass is 16.5. The molecule has 0 aromatic heterocycles. The molecular weight excluding hydrogens is 204 g/mol. The fourth-order valence-corrected chi connectivity index (χ4v) is 2.11. The van der Waals surface area contributed by atoms with E-state index in [9.17, 15) is 4.79 Å². The topological polar surface area (TPSA) is 41.6 Å². The van der Waals surface area contributed by atoms with Gasteiger partial charge in [-0.1, -0.05) is 6.92 Å². The van der Waals surface area contributed by atoms with E-state index in [4.69, 9.17) is 0 Å². The van der Waals surface area contributed by atoms with E-state index in [-0.39, 0.29) is 12.0 Å². The van der Waals surface area contributed by atoms with Crippen molar-refractivity contribution in [1.29, 1.82) is 0 Å². The summed E-state index contributed by atoms with van der Waals surface area (Å²) in [4.78, 5) is 13.7. The third-order valence-electron chi connectivity index (χ3n) is 3.42. The Hall–Kier alpha value is -0.610. The van der Waals surface area contributed by atoms with Crippen LogP contribution in [-0.4, -0.2) is 50.2 Å². The summed E-state index contributed by atoms with van der Waals surface area (Å²) < 4.78 is 4.68. The van der Waals surface area contributed by atoms with Crippen LogP contribution in [0.3, 0.4) is 0 Å². The van der Waals surface area contributed by atoms with Crippen molar-refractivity contribution in [2.45, 2.75) is 32.7 Å². The number of hydrogen-bond donors (Lipinski definition) is 1. The maximum Gasteiger partial charge on any atom is 0.322 e. The first-order valence-electron chi connectivity index (χ1n) is 6.21. The Labute approximate surface area is 98.3 Å². The predicted molar refractivity (Wildman–Crippen MR) is 64.3 cm³/mol. The Morgan fingerprint density at radius 2 is 2.12 bits per heavy atom. The molecule has 1 fully saturated rings. The van der Waals surface area contributed by atoms with Gasteiger partial charge in [-0.25, -0.2) is 0 Å². The van der Waals surface area contributed by atoms with Crippen LogP contribution in [0.2, 0.25) is 0 Å². The molecule has 1 N–H and O–H groups in total. The van der Waals surface area contributed by atoms with Crippen molar-refractivity contribution in [3.05, 3.63) is 0 Å². The molecule has 0 aromatic carbocycles. The van der Waals surface area contributed by atoms with Crippen molar-refractivity contribution in [2.24, 2.45) is 5.92 Å². The van der Waals surface area contributed by atoms with Gasteiger partial charge in [0.2, 0.25) is 0 Å². The van der Waals surface area contributed by atoms with Crippen LogP contribution in [0.4, 0.5) is 0 Å². The number of hydrogen-bond acceptors (Lipinski definition) is 4. The average molecular weight is 228 g/mol. The zero-order chi connectivity index (χ0) is 12.0. The molecule has 0 amide bonds. The summed E-state index contributed by atoms with van der Waals surface area (Å²) in [5.41, 5.74) is 0. The molecule has 4 nitrogen and oxygen atoms in total. The fraction of sp³-hybridized carbons (Fsp3) is 0.917. The summed E-state index contributed by atoms with van der Waals surface area (Å²) >= 11 is 0. The van der Waals surface area contributed by atoms with E-state index in [1.54, 1.807) is 0 Å². The van der Waals surface area contributed by atoms with E-state index in [0.717, 1.165) is 13.1 Å². The lowest BCUT2D eigenvalue weighted by atomic mass is 9.96. The SMILES string of the molecule is CCN1CCC(CNC(C)C(=O)OC)CC1. The van der Waals surface area contributed by atoms with Gasteiger partial charge in [0.05, 0.1) is 7.11 Å². The lowest BCUT2D eigenvalue weighted by Crippen LogP contribution is -2.41. The number of likely N-dealkylation sites (tertiary alicyclic amines) is 1. The summed E-state index contributed by atoms with van der Waals surface area (Å²) in [5.74, 6) is 0.529. The van der Waals surface area contributed by atoms with Gasteiger partial charge in [0.1, 0.15) is 6.04 Å². The molecule has 1 aliphatic heterocycles. The number of esters is 1. The number of carbonyl (C=O) groups is 1. The van der Waals surface area contributed by atoms with E-state index < -0.39 is 0 Å². The van der Waals surface area contributed by atoms with Crippen LogP contribution < -0.4 is 5.32 Å². The molecule has 1 aliphatic rings. The van der Waals surface area contributed by atoms with Crippen LogP contribution in [-0.2, 0) is 9.53 Å². The molecule has 1 atom stereocenters. The van der Waals surface area contributed by atoms with E-state index in [2.05, 4.69) is 21.9 Å². The molecule has 1 saturated heterocycles. The number of piperidine rings is 1. The molecule has 1 heterocycles. The van der Waals surface area contributed by atoms with Crippen molar-refractivity contribution in [2.75, 3.05) is 33.3 Å². The van der Waals surface area contributed by atoms with Crippen molar-refractivity contribution in [1.82, 2.24) is 10.2 Å². The minimum absolute atomic E-state index is 0.175. The van der Waals surface area contributed by atoms with Crippen molar-refractivity contribution in [3.8, 4) is 0 Å². The summed E-state index contributed by atoms with van der Waals surface area (Å²) in [6.45, 7) is 8.52. The zero-order valence-electron chi connectivity index (χ0n) is 10.7. The van der Waals surface area contributed by atoms with E-state index in [0.29, 0.717) is 5.92 Å². The molecule has 0 radical (unpaired) electrons. The second-order valence-corrected chi connectivity index (χ2v) is 4.53. The second-order valence-electron chi connectivity index (χ2n) is 4.53. The first-order valence-corrected chi connectivity index (χ1v) is 6.21. The zero-order valence-corrected chi connectivity index (χ0v) is 10.7. The van der Waals surface area contributed by atoms with Crippen molar-refractivity contribution < 1.29 is 9.53 Å². The third kappa shape index (κ3) is 4.10. The van der Waals surface area contributed by atoms with Gasteiger partial charge in [-0.2, -0.15) is 0 Å². The minimum atomic E-state index is -0.186. The number of nitrogens with one attached hydrogen (secondary N) is 1. The Bertz CT molecular complexity index is 213.